The smallest absolute Gasteiger partial charge is 0.125 e. The first-order valence-electron chi connectivity index (χ1n) is 6.43. The summed E-state index contributed by atoms with van der Waals surface area (Å²) in [5, 5.41) is 0. The van der Waals surface area contributed by atoms with E-state index < -0.39 is 0 Å². The van der Waals surface area contributed by atoms with Gasteiger partial charge in [-0.15, -0.1) is 0 Å². The molecule has 0 aliphatic rings. The van der Waals surface area contributed by atoms with E-state index in [1.807, 2.05) is 26.0 Å². The van der Waals surface area contributed by atoms with Gasteiger partial charge in [-0.25, -0.2) is 0 Å². The number of hydrogen-bond donors (Lipinski definition) is 1. The molecule has 0 saturated carbocycles. The van der Waals surface area contributed by atoms with Gasteiger partial charge >= 0.3 is 0 Å². The molecular formula is C16H18N2OS. The lowest BCUT2D eigenvalue weighted by atomic mass is 10.1. The number of nitrogens with zero attached hydrogens (tertiary/aromatic N) is 1. The van der Waals surface area contributed by atoms with E-state index in [9.17, 15) is 0 Å². The van der Waals surface area contributed by atoms with Gasteiger partial charge in [-0.05, 0) is 38.0 Å². The lowest BCUT2D eigenvalue weighted by Crippen LogP contribution is -2.15. The highest BCUT2D eigenvalue weighted by Gasteiger charge is 2.09. The Labute approximate surface area is 124 Å². The van der Waals surface area contributed by atoms with Crippen LogP contribution in [0.25, 0.3) is 0 Å². The monoisotopic (exact) mass is 286 g/mol. The maximum atomic E-state index is 5.94. The minimum atomic E-state index is 0.293. The average Bonchev–Trinajstić information content (AvgIpc) is 2.37. The molecule has 0 unspecified atom stereocenters. The van der Waals surface area contributed by atoms with Crippen molar-refractivity contribution in [1.29, 1.82) is 0 Å². The van der Waals surface area contributed by atoms with Crippen molar-refractivity contribution in [3.05, 3.63) is 58.4 Å². The van der Waals surface area contributed by atoms with Crippen LogP contribution < -0.4 is 10.5 Å². The largest absolute Gasteiger partial charge is 0.488 e. The number of aromatic nitrogens is 1. The summed E-state index contributed by atoms with van der Waals surface area (Å²) in [4.78, 5) is 4.50. The molecule has 2 aromatic rings. The number of pyridine rings is 1. The molecule has 3 nitrogen and oxygen atoms in total. The molecular weight excluding hydrogens is 268 g/mol. The summed E-state index contributed by atoms with van der Waals surface area (Å²) < 4.78 is 5.94. The Hall–Kier alpha value is -1.94. The van der Waals surface area contributed by atoms with E-state index in [4.69, 9.17) is 22.7 Å². The predicted molar refractivity (Wildman–Crippen MR) is 85.1 cm³/mol. The first-order chi connectivity index (χ1) is 9.49. The second kappa shape index (κ2) is 6.01. The van der Waals surface area contributed by atoms with Gasteiger partial charge < -0.3 is 10.5 Å². The van der Waals surface area contributed by atoms with Crippen molar-refractivity contribution >= 4 is 17.2 Å². The van der Waals surface area contributed by atoms with Crippen molar-refractivity contribution < 1.29 is 4.74 Å². The topological polar surface area (TPSA) is 48.1 Å². The number of hydrogen-bond acceptors (Lipinski definition) is 3. The van der Waals surface area contributed by atoms with Crippen molar-refractivity contribution in [3.8, 4) is 5.75 Å². The SMILES string of the molecule is Cc1cc(C)c(OCc2cccnc2C(N)=S)c(C)c1. The summed E-state index contributed by atoms with van der Waals surface area (Å²) in [5.74, 6) is 0.911. The molecule has 0 radical (unpaired) electrons. The van der Waals surface area contributed by atoms with Crippen LogP contribution in [0.1, 0.15) is 27.9 Å². The van der Waals surface area contributed by atoms with Crippen LogP contribution in [0.5, 0.6) is 5.75 Å². The molecule has 0 bridgehead atoms. The number of thiocarbonyl (C=S) groups is 1. The van der Waals surface area contributed by atoms with Gasteiger partial charge in [0.05, 0.1) is 0 Å². The molecule has 0 saturated heterocycles. The van der Waals surface area contributed by atoms with Gasteiger partial charge in [0.2, 0.25) is 0 Å². The first kappa shape index (κ1) is 14.5. The zero-order chi connectivity index (χ0) is 14.7. The minimum Gasteiger partial charge on any atom is -0.488 e. The fraction of sp³-hybridized carbons (Fsp3) is 0.250. The third-order valence-corrected chi connectivity index (χ3v) is 3.29. The molecule has 104 valence electrons. The minimum absolute atomic E-state index is 0.293. The first-order valence-corrected chi connectivity index (χ1v) is 6.84. The van der Waals surface area contributed by atoms with Crippen molar-refractivity contribution in [1.82, 2.24) is 4.98 Å². The Morgan fingerprint density at radius 2 is 1.90 bits per heavy atom. The highest BCUT2D eigenvalue weighted by Crippen LogP contribution is 2.25. The molecule has 1 aromatic heterocycles. The fourth-order valence-corrected chi connectivity index (χ4v) is 2.51. The van der Waals surface area contributed by atoms with Gasteiger partial charge in [0.25, 0.3) is 0 Å². The van der Waals surface area contributed by atoms with Crippen molar-refractivity contribution in [3.63, 3.8) is 0 Å². The van der Waals surface area contributed by atoms with Gasteiger partial charge in [0.1, 0.15) is 23.0 Å². The number of rotatable bonds is 4. The molecule has 2 N–H and O–H groups in total. The molecule has 4 heteroatoms. The van der Waals surface area contributed by atoms with Crippen molar-refractivity contribution in [2.75, 3.05) is 0 Å². The van der Waals surface area contributed by atoms with E-state index in [2.05, 4.69) is 24.0 Å². The van der Waals surface area contributed by atoms with Crippen LogP contribution in [0.3, 0.4) is 0 Å². The molecule has 0 spiro atoms. The van der Waals surface area contributed by atoms with Gasteiger partial charge in [0, 0.05) is 11.8 Å². The standard InChI is InChI=1S/C16H18N2OS/c1-10-7-11(2)15(12(3)8-10)19-9-13-5-4-6-18-14(13)16(17)20/h4-8H,9H2,1-3H3,(H2,17,20). The zero-order valence-electron chi connectivity index (χ0n) is 11.9. The molecule has 0 fully saturated rings. The Balaban J connectivity index is 2.24. The van der Waals surface area contributed by atoms with Gasteiger partial charge in [0.15, 0.2) is 0 Å². The highest BCUT2D eigenvalue weighted by atomic mass is 32.1. The third-order valence-electron chi connectivity index (χ3n) is 3.10. The van der Waals surface area contributed by atoms with Gasteiger partial charge in [-0.1, -0.05) is 36.0 Å². The molecule has 20 heavy (non-hydrogen) atoms. The second-order valence-corrected chi connectivity index (χ2v) is 5.33. The summed E-state index contributed by atoms with van der Waals surface area (Å²) in [6, 6.07) is 8.01. The lowest BCUT2D eigenvalue weighted by molar-refractivity contribution is 0.301. The quantitative estimate of drug-likeness (QED) is 0.877. The van der Waals surface area contributed by atoms with E-state index in [1.54, 1.807) is 6.20 Å². The van der Waals surface area contributed by atoms with Crippen molar-refractivity contribution in [2.24, 2.45) is 5.73 Å². The number of aryl methyl sites for hydroxylation is 3. The second-order valence-electron chi connectivity index (χ2n) is 4.89. The molecule has 0 amide bonds. The molecule has 1 aromatic carbocycles. The summed E-state index contributed by atoms with van der Waals surface area (Å²) in [6.07, 6.45) is 1.68. The lowest BCUT2D eigenvalue weighted by Gasteiger charge is -2.14. The van der Waals surface area contributed by atoms with Gasteiger partial charge in [-0.2, -0.15) is 0 Å². The van der Waals surface area contributed by atoms with Crippen molar-refractivity contribution in [2.45, 2.75) is 27.4 Å². The van der Waals surface area contributed by atoms with Crippen LogP contribution in [0.2, 0.25) is 0 Å². The number of ether oxygens (including phenoxy) is 1. The van der Waals surface area contributed by atoms with Crippen LogP contribution in [-0.2, 0) is 6.61 Å². The zero-order valence-corrected chi connectivity index (χ0v) is 12.8. The van der Waals surface area contributed by atoms with E-state index in [0.29, 0.717) is 17.3 Å². The Morgan fingerprint density at radius 3 is 2.50 bits per heavy atom. The molecule has 0 aliphatic carbocycles. The van der Waals surface area contributed by atoms with Crippen LogP contribution in [0.15, 0.2) is 30.5 Å². The third kappa shape index (κ3) is 3.14. The van der Waals surface area contributed by atoms with Crippen LogP contribution in [-0.4, -0.2) is 9.97 Å². The Bertz CT molecular complexity index is 630. The van der Waals surface area contributed by atoms with Crippen LogP contribution in [0, 0.1) is 20.8 Å². The van der Waals surface area contributed by atoms with Gasteiger partial charge in [-0.3, -0.25) is 4.98 Å². The highest BCUT2D eigenvalue weighted by molar-refractivity contribution is 7.80. The number of nitrogens with two attached hydrogens (primary N) is 1. The van der Waals surface area contributed by atoms with E-state index in [-0.39, 0.29) is 0 Å². The summed E-state index contributed by atoms with van der Waals surface area (Å²) >= 11 is 5.01. The van der Waals surface area contributed by atoms with Crippen LogP contribution >= 0.6 is 12.2 Å². The molecule has 0 aliphatic heterocycles. The molecule has 2 rings (SSSR count). The summed E-state index contributed by atoms with van der Waals surface area (Å²) in [6.45, 7) is 6.58. The maximum absolute atomic E-state index is 5.94. The van der Waals surface area contributed by atoms with E-state index in [1.165, 1.54) is 5.56 Å². The molecule has 1 heterocycles. The number of benzene rings is 1. The van der Waals surface area contributed by atoms with E-state index in [0.717, 1.165) is 22.4 Å². The predicted octanol–water partition coefficient (Wildman–Crippen LogP) is 3.22. The van der Waals surface area contributed by atoms with Crippen LogP contribution in [0.4, 0.5) is 0 Å². The molecule has 0 atom stereocenters. The average molecular weight is 286 g/mol. The van der Waals surface area contributed by atoms with E-state index >= 15 is 0 Å². The summed E-state index contributed by atoms with van der Waals surface area (Å²) in [7, 11) is 0. The maximum Gasteiger partial charge on any atom is 0.125 e. The Kier molecular flexibility index (Phi) is 4.35. The fourth-order valence-electron chi connectivity index (χ4n) is 2.32. The Morgan fingerprint density at radius 1 is 1.25 bits per heavy atom. The summed E-state index contributed by atoms with van der Waals surface area (Å²) in [5.41, 5.74) is 10.7. The normalized spacial score (nSPS) is 10.3.